The highest BCUT2D eigenvalue weighted by Gasteiger charge is 2.14. The largest absolute Gasteiger partial charge is 0.452 e. The summed E-state index contributed by atoms with van der Waals surface area (Å²) >= 11 is 5.62. The fourth-order valence-corrected chi connectivity index (χ4v) is 1.61. The summed E-state index contributed by atoms with van der Waals surface area (Å²) in [5.74, 6) is -1.58. The van der Waals surface area contributed by atoms with Gasteiger partial charge in [-0.15, -0.1) is 0 Å². The van der Waals surface area contributed by atoms with Gasteiger partial charge in [-0.1, -0.05) is 17.7 Å². The van der Waals surface area contributed by atoms with E-state index in [9.17, 15) is 14.0 Å². The van der Waals surface area contributed by atoms with Crippen LogP contribution in [0.3, 0.4) is 0 Å². The zero-order chi connectivity index (χ0) is 16.0. The minimum absolute atomic E-state index is 0.0323. The van der Waals surface area contributed by atoms with Crippen LogP contribution in [-0.2, 0) is 14.3 Å². The number of hydrogen-bond donors (Lipinski definition) is 1. The average molecular weight is 314 g/mol. The molecular weight excluding hydrogens is 297 g/mol. The van der Waals surface area contributed by atoms with Crippen LogP contribution in [0, 0.1) is 5.82 Å². The van der Waals surface area contributed by atoms with Crippen molar-refractivity contribution in [2.24, 2.45) is 0 Å². The number of esters is 1. The molecule has 0 aliphatic carbocycles. The molecule has 4 nitrogen and oxygen atoms in total. The minimum Gasteiger partial charge on any atom is -0.452 e. The topological polar surface area (TPSA) is 55.4 Å². The number of nitrogens with one attached hydrogen (secondary N) is 1. The molecule has 0 aromatic heterocycles. The van der Waals surface area contributed by atoms with Gasteiger partial charge in [-0.05, 0) is 44.5 Å². The van der Waals surface area contributed by atoms with Gasteiger partial charge < -0.3 is 10.1 Å². The summed E-state index contributed by atoms with van der Waals surface area (Å²) in [5, 5.41) is 2.63. The molecular formula is C15H17ClFNO3. The number of hydrogen-bond acceptors (Lipinski definition) is 3. The van der Waals surface area contributed by atoms with Crippen molar-refractivity contribution in [3.63, 3.8) is 0 Å². The molecule has 0 saturated carbocycles. The van der Waals surface area contributed by atoms with Gasteiger partial charge >= 0.3 is 5.97 Å². The van der Waals surface area contributed by atoms with Gasteiger partial charge in [0.25, 0.3) is 5.91 Å². The number of amides is 1. The van der Waals surface area contributed by atoms with Gasteiger partial charge in [0.05, 0.1) is 5.02 Å². The minimum atomic E-state index is -0.667. The van der Waals surface area contributed by atoms with Crippen LogP contribution < -0.4 is 5.32 Å². The first-order valence-electron chi connectivity index (χ1n) is 6.28. The van der Waals surface area contributed by atoms with Crippen LogP contribution in [0.1, 0.15) is 26.3 Å². The Hall–Kier alpha value is -1.88. The molecule has 1 amide bonds. The summed E-state index contributed by atoms with van der Waals surface area (Å²) in [6, 6.07) is 4.05. The van der Waals surface area contributed by atoms with Crippen molar-refractivity contribution in [3.8, 4) is 0 Å². The second kappa shape index (κ2) is 7.22. The number of carbonyl (C=O) groups excluding carboxylic acids is 2. The van der Waals surface area contributed by atoms with E-state index in [1.807, 2.05) is 20.8 Å². The molecule has 21 heavy (non-hydrogen) atoms. The Balaban J connectivity index is 2.48. The van der Waals surface area contributed by atoms with Crippen LogP contribution in [0.5, 0.6) is 0 Å². The highest BCUT2D eigenvalue weighted by Crippen LogP contribution is 2.16. The van der Waals surface area contributed by atoms with Crippen molar-refractivity contribution in [1.29, 1.82) is 0 Å². The summed E-state index contributed by atoms with van der Waals surface area (Å²) in [7, 11) is 0. The van der Waals surface area contributed by atoms with Gasteiger partial charge in [0.15, 0.2) is 6.61 Å². The van der Waals surface area contributed by atoms with Crippen molar-refractivity contribution in [3.05, 3.63) is 40.7 Å². The van der Waals surface area contributed by atoms with Crippen LogP contribution in [-0.4, -0.2) is 24.0 Å². The van der Waals surface area contributed by atoms with E-state index < -0.39 is 11.8 Å². The quantitative estimate of drug-likeness (QED) is 0.687. The smallest absolute Gasteiger partial charge is 0.331 e. The Bertz CT molecular complexity index is 565. The molecule has 0 radical (unpaired) electrons. The number of ether oxygens (including phenoxy) is 1. The Morgan fingerprint density at radius 1 is 1.38 bits per heavy atom. The molecule has 1 aromatic carbocycles. The van der Waals surface area contributed by atoms with Gasteiger partial charge in [0, 0.05) is 11.6 Å². The first-order chi connectivity index (χ1) is 9.67. The van der Waals surface area contributed by atoms with E-state index in [1.165, 1.54) is 24.3 Å². The third-order valence-corrected chi connectivity index (χ3v) is 2.51. The highest BCUT2D eigenvalue weighted by molar-refractivity contribution is 6.30. The molecule has 0 aliphatic heterocycles. The Morgan fingerprint density at radius 3 is 2.62 bits per heavy atom. The van der Waals surface area contributed by atoms with Gasteiger partial charge in [-0.25, -0.2) is 9.18 Å². The zero-order valence-electron chi connectivity index (χ0n) is 12.1. The summed E-state index contributed by atoms with van der Waals surface area (Å²) in [4.78, 5) is 22.9. The molecule has 0 spiro atoms. The maximum Gasteiger partial charge on any atom is 0.331 e. The number of carbonyl (C=O) groups is 2. The first kappa shape index (κ1) is 17.2. The van der Waals surface area contributed by atoms with E-state index >= 15 is 0 Å². The first-order valence-corrected chi connectivity index (χ1v) is 6.66. The Morgan fingerprint density at radius 2 is 2.05 bits per heavy atom. The predicted octanol–water partition coefficient (Wildman–Crippen LogP) is 2.95. The SMILES string of the molecule is CC(C)(C)NC(=O)COC(=O)/C=C/c1ccc(F)c(Cl)c1. The van der Waals surface area contributed by atoms with Gasteiger partial charge in [-0.3, -0.25) is 4.79 Å². The Labute approximate surface area is 127 Å². The zero-order valence-corrected chi connectivity index (χ0v) is 12.8. The highest BCUT2D eigenvalue weighted by atomic mass is 35.5. The van der Waals surface area contributed by atoms with Crippen molar-refractivity contribution in [1.82, 2.24) is 5.32 Å². The van der Waals surface area contributed by atoms with Crippen LogP contribution in [0.15, 0.2) is 24.3 Å². The molecule has 114 valence electrons. The van der Waals surface area contributed by atoms with E-state index in [-0.39, 0.29) is 23.1 Å². The van der Waals surface area contributed by atoms with Crippen molar-refractivity contribution in [2.45, 2.75) is 26.3 Å². The van der Waals surface area contributed by atoms with Crippen LogP contribution in [0.25, 0.3) is 6.08 Å². The summed E-state index contributed by atoms with van der Waals surface area (Å²) in [6.45, 7) is 5.12. The third kappa shape index (κ3) is 6.90. The second-order valence-corrected chi connectivity index (χ2v) is 5.82. The Kier molecular flexibility index (Phi) is 5.90. The van der Waals surface area contributed by atoms with Gasteiger partial charge in [-0.2, -0.15) is 0 Å². The van der Waals surface area contributed by atoms with E-state index in [0.717, 1.165) is 6.08 Å². The van der Waals surface area contributed by atoms with Gasteiger partial charge in [0.2, 0.25) is 0 Å². The lowest BCUT2D eigenvalue weighted by Gasteiger charge is -2.20. The molecule has 6 heteroatoms. The lowest BCUT2D eigenvalue weighted by Crippen LogP contribution is -2.42. The van der Waals surface area contributed by atoms with Crippen LogP contribution in [0.2, 0.25) is 5.02 Å². The molecule has 1 rings (SSSR count). The summed E-state index contributed by atoms with van der Waals surface area (Å²) in [6.07, 6.45) is 2.57. The predicted molar refractivity (Wildman–Crippen MR) is 79.3 cm³/mol. The molecule has 0 atom stereocenters. The van der Waals surface area contributed by atoms with E-state index in [2.05, 4.69) is 5.32 Å². The molecule has 0 bridgehead atoms. The third-order valence-electron chi connectivity index (χ3n) is 2.22. The standard InChI is InChI=1S/C15H17ClFNO3/c1-15(2,3)18-13(19)9-21-14(20)7-5-10-4-6-12(17)11(16)8-10/h4-8H,9H2,1-3H3,(H,18,19)/b7-5+. The average Bonchev–Trinajstić information content (AvgIpc) is 2.36. The van der Waals surface area contributed by atoms with Crippen molar-refractivity contribution >= 4 is 29.6 Å². The van der Waals surface area contributed by atoms with E-state index in [1.54, 1.807) is 0 Å². The maximum absolute atomic E-state index is 13.0. The lowest BCUT2D eigenvalue weighted by molar-refractivity contribution is -0.144. The number of benzene rings is 1. The molecule has 0 fully saturated rings. The van der Waals surface area contributed by atoms with Crippen LogP contribution >= 0.6 is 11.6 Å². The van der Waals surface area contributed by atoms with E-state index in [4.69, 9.17) is 16.3 Å². The fourth-order valence-electron chi connectivity index (χ4n) is 1.42. The van der Waals surface area contributed by atoms with Crippen molar-refractivity contribution in [2.75, 3.05) is 6.61 Å². The maximum atomic E-state index is 13.0. The summed E-state index contributed by atoms with van der Waals surface area (Å²) < 4.78 is 17.7. The van der Waals surface area contributed by atoms with E-state index in [0.29, 0.717) is 5.56 Å². The fraction of sp³-hybridized carbons (Fsp3) is 0.333. The molecule has 0 unspecified atom stereocenters. The van der Waals surface area contributed by atoms with Gasteiger partial charge in [0.1, 0.15) is 5.82 Å². The molecule has 0 saturated heterocycles. The lowest BCUT2D eigenvalue weighted by atomic mass is 10.1. The summed E-state index contributed by atoms with van der Waals surface area (Å²) in [5.41, 5.74) is 0.169. The second-order valence-electron chi connectivity index (χ2n) is 5.41. The normalized spacial score (nSPS) is 11.5. The molecule has 1 N–H and O–H groups in total. The van der Waals surface area contributed by atoms with Crippen molar-refractivity contribution < 1.29 is 18.7 Å². The monoisotopic (exact) mass is 313 g/mol. The molecule has 0 heterocycles. The molecule has 0 aliphatic rings. The number of halogens is 2. The van der Waals surface area contributed by atoms with Crippen LogP contribution in [0.4, 0.5) is 4.39 Å². The number of rotatable bonds is 4. The molecule has 1 aromatic rings.